The molecule has 2 N–H and O–H groups in total. The number of thiocarbonyl (C=S) groups is 1. The van der Waals surface area contributed by atoms with Crippen molar-refractivity contribution >= 4 is 93.9 Å². The van der Waals surface area contributed by atoms with E-state index in [0.29, 0.717) is 28.6 Å². The maximum atomic E-state index is 12.7. The summed E-state index contributed by atoms with van der Waals surface area (Å²) in [5, 5.41) is 7.17. The van der Waals surface area contributed by atoms with Crippen LogP contribution < -0.4 is 15.4 Å². The largest absolute Gasteiger partial charge is 0.492 e. The Morgan fingerprint density at radius 1 is 1.18 bits per heavy atom. The van der Waals surface area contributed by atoms with Crippen molar-refractivity contribution in [3.05, 3.63) is 74.1 Å². The molecule has 0 bridgehead atoms. The van der Waals surface area contributed by atoms with Crippen molar-refractivity contribution in [1.82, 2.24) is 10.3 Å². The van der Waals surface area contributed by atoms with Crippen molar-refractivity contribution in [3.63, 3.8) is 0 Å². The van der Waals surface area contributed by atoms with E-state index in [9.17, 15) is 4.79 Å². The van der Waals surface area contributed by atoms with E-state index >= 15 is 0 Å². The summed E-state index contributed by atoms with van der Waals surface area (Å²) >= 11 is 20.3. The number of nitrogens with zero attached hydrogens (tertiary/aromatic N) is 1. The van der Waals surface area contributed by atoms with E-state index in [0.717, 1.165) is 29.7 Å². The van der Waals surface area contributed by atoms with Crippen molar-refractivity contribution in [1.29, 1.82) is 0 Å². The Labute approximate surface area is 221 Å². The smallest absolute Gasteiger partial charge is 0.257 e. The second-order valence-electron chi connectivity index (χ2n) is 6.78. The number of carbonyl (C=O) groups is 1. The van der Waals surface area contributed by atoms with Crippen molar-refractivity contribution in [3.8, 4) is 16.3 Å². The standard InChI is InChI=1S/C23H16Br2ClN3O2S2/c1-2-31-18-8-7-12(9-16(18)26)21(30)29-23(32)28-20-14(10-13(24)11-15(20)25)22-27-17-5-3-4-6-19(17)33-22/h3-11H,2H2,1H3,(H2,28,29,30,32). The Kier molecular flexibility index (Phi) is 7.65. The minimum atomic E-state index is -0.382. The van der Waals surface area contributed by atoms with Gasteiger partial charge in [-0.15, -0.1) is 11.3 Å². The Balaban J connectivity index is 1.58. The van der Waals surface area contributed by atoms with E-state index in [1.54, 1.807) is 29.5 Å². The molecule has 1 amide bonds. The average Bonchev–Trinajstić information content (AvgIpc) is 3.21. The number of benzene rings is 3. The first kappa shape index (κ1) is 24.1. The molecule has 0 atom stereocenters. The van der Waals surface area contributed by atoms with Gasteiger partial charge >= 0.3 is 0 Å². The summed E-state index contributed by atoms with van der Waals surface area (Å²) in [4.78, 5) is 17.5. The first-order valence-corrected chi connectivity index (χ1v) is 12.9. The van der Waals surface area contributed by atoms with Gasteiger partial charge in [0.25, 0.3) is 5.91 Å². The van der Waals surface area contributed by atoms with Crippen LogP contribution in [0.25, 0.3) is 20.8 Å². The highest BCUT2D eigenvalue weighted by molar-refractivity contribution is 9.11. The zero-order valence-electron chi connectivity index (χ0n) is 17.1. The van der Waals surface area contributed by atoms with Crippen LogP contribution in [0.15, 0.2) is 63.5 Å². The predicted octanol–water partition coefficient (Wildman–Crippen LogP) is 7.67. The van der Waals surface area contributed by atoms with Crippen LogP contribution in [0.1, 0.15) is 17.3 Å². The number of para-hydroxylation sites is 1. The van der Waals surface area contributed by atoms with Gasteiger partial charge in [-0.05, 0) is 77.5 Å². The van der Waals surface area contributed by atoms with Crippen molar-refractivity contribution < 1.29 is 9.53 Å². The molecule has 168 valence electrons. The van der Waals surface area contributed by atoms with Gasteiger partial charge in [0.05, 0.1) is 27.5 Å². The molecule has 0 aliphatic heterocycles. The molecule has 0 fully saturated rings. The summed E-state index contributed by atoms with van der Waals surface area (Å²) < 4.78 is 8.15. The summed E-state index contributed by atoms with van der Waals surface area (Å²) in [6, 6.07) is 16.7. The summed E-state index contributed by atoms with van der Waals surface area (Å²) in [5.41, 5.74) is 2.84. The van der Waals surface area contributed by atoms with Crippen molar-refractivity contribution in [2.24, 2.45) is 0 Å². The van der Waals surface area contributed by atoms with Gasteiger partial charge in [-0.2, -0.15) is 0 Å². The number of fused-ring (bicyclic) bond motifs is 1. The molecule has 0 saturated heterocycles. The van der Waals surface area contributed by atoms with E-state index in [-0.39, 0.29) is 11.0 Å². The van der Waals surface area contributed by atoms with Crippen LogP contribution in [0.5, 0.6) is 5.75 Å². The lowest BCUT2D eigenvalue weighted by Gasteiger charge is -2.15. The van der Waals surface area contributed by atoms with Crippen LogP contribution in [0, 0.1) is 0 Å². The molecule has 33 heavy (non-hydrogen) atoms. The fraction of sp³-hybridized carbons (Fsp3) is 0.0870. The fourth-order valence-corrected chi connectivity index (χ4v) is 5.83. The number of halogens is 3. The molecule has 1 aromatic heterocycles. The Morgan fingerprint density at radius 2 is 1.97 bits per heavy atom. The van der Waals surface area contributed by atoms with Gasteiger partial charge in [-0.1, -0.05) is 39.7 Å². The van der Waals surface area contributed by atoms with Gasteiger partial charge in [0.15, 0.2) is 5.11 Å². The van der Waals surface area contributed by atoms with Crippen LogP contribution in [-0.2, 0) is 0 Å². The van der Waals surface area contributed by atoms with Crippen LogP contribution in [0.3, 0.4) is 0 Å². The topological polar surface area (TPSA) is 63.2 Å². The molecule has 0 spiro atoms. The number of thiazole rings is 1. The molecule has 3 aromatic carbocycles. The van der Waals surface area contributed by atoms with Crippen molar-refractivity contribution in [2.45, 2.75) is 6.92 Å². The SMILES string of the molecule is CCOc1ccc(C(=O)NC(=S)Nc2c(Br)cc(Br)cc2-c2nc3ccccc3s2)cc1Cl. The lowest BCUT2D eigenvalue weighted by atomic mass is 10.2. The number of amides is 1. The first-order chi connectivity index (χ1) is 15.9. The second-order valence-corrected chi connectivity index (χ2v) is 10.4. The van der Waals surface area contributed by atoms with E-state index < -0.39 is 0 Å². The van der Waals surface area contributed by atoms with Gasteiger partial charge in [0, 0.05) is 20.1 Å². The highest BCUT2D eigenvalue weighted by Crippen LogP contribution is 2.40. The molecule has 0 aliphatic rings. The lowest BCUT2D eigenvalue weighted by Crippen LogP contribution is -2.34. The van der Waals surface area contributed by atoms with Gasteiger partial charge in [-0.3, -0.25) is 10.1 Å². The summed E-state index contributed by atoms with van der Waals surface area (Å²) in [7, 11) is 0. The van der Waals surface area contributed by atoms with Crippen LogP contribution in [0.2, 0.25) is 5.02 Å². The molecular weight excluding hydrogens is 610 g/mol. The summed E-state index contributed by atoms with van der Waals surface area (Å²) in [6.07, 6.45) is 0. The third kappa shape index (κ3) is 5.55. The van der Waals surface area contributed by atoms with E-state index in [1.165, 1.54) is 0 Å². The number of hydrogen-bond donors (Lipinski definition) is 2. The quantitative estimate of drug-likeness (QED) is 0.223. The number of carbonyl (C=O) groups excluding carboxylic acids is 1. The van der Waals surface area contributed by atoms with Crippen LogP contribution in [-0.4, -0.2) is 22.6 Å². The monoisotopic (exact) mass is 623 g/mol. The third-order valence-corrected chi connectivity index (χ3v) is 7.19. The number of anilines is 1. The molecule has 5 nitrogen and oxygen atoms in total. The number of rotatable bonds is 5. The predicted molar refractivity (Wildman–Crippen MR) is 147 cm³/mol. The average molecular weight is 626 g/mol. The van der Waals surface area contributed by atoms with Crippen LogP contribution in [0.4, 0.5) is 5.69 Å². The Bertz CT molecular complexity index is 1340. The zero-order chi connectivity index (χ0) is 23.5. The number of hydrogen-bond acceptors (Lipinski definition) is 5. The molecule has 1 heterocycles. The molecule has 4 rings (SSSR count). The number of ether oxygens (including phenoxy) is 1. The molecule has 0 saturated carbocycles. The lowest BCUT2D eigenvalue weighted by molar-refractivity contribution is 0.0977. The molecule has 0 radical (unpaired) electrons. The molecule has 0 aliphatic carbocycles. The molecule has 10 heteroatoms. The minimum absolute atomic E-state index is 0.149. The summed E-state index contributed by atoms with van der Waals surface area (Å²) in [6.45, 7) is 2.35. The van der Waals surface area contributed by atoms with Gasteiger partial charge in [0.2, 0.25) is 0 Å². The van der Waals surface area contributed by atoms with Gasteiger partial charge in [0.1, 0.15) is 10.8 Å². The highest BCUT2D eigenvalue weighted by Gasteiger charge is 2.17. The van der Waals surface area contributed by atoms with Crippen molar-refractivity contribution in [2.75, 3.05) is 11.9 Å². The van der Waals surface area contributed by atoms with E-state index in [1.807, 2.05) is 43.3 Å². The minimum Gasteiger partial charge on any atom is -0.492 e. The Morgan fingerprint density at radius 3 is 2.70 bits per heavy atom. The second kappa shape index (κ2) is 10.5. The molecule has 4 aromatic rings. The van der Waals surface area contributed by atoms with Gasteiger partial charge < -0.3 is 10.1 Å². The summed E-state index contributed by atoms with van der Waals surface area (Å²) in [5.74, 6) is 0.142. The first-order valence-electron chi connectivity index (χ1n) is 9.75. The maximum Gasteiger partial charge on any atom is 0.257 e. The van der Waals surface area contributed by atoms with Crippen LogP contribution >= 0.6 is 67.0 Å². The fourth-order valence-electron chi connectivity index (χ4n) is 3.09. The molecular formula is C23H16Br2ClN3O2S2. The third-order valence-electron chi connectivity index (χ3n) is 4.54. The number of nitrogens with one attached hydrogen (secondary N) is 2. The maximum absolute atomic E-state index is 12.7. The van der Waals surface area contributed by atoms with E-state index in [4.69, 9.17) is 33.5 Å². The van der Waals surface area contributed by atoms with Gasteiger partial charge in [-0.25, -0.2) is 4.98 Å². The normalized spacial score (nSPS) is 10.8. The number of aromatic nitrogens is 1. The highest BCUT2D eigenvalue weighted by atomic mass is 79.9. The zero-order valence-corrected chi connectivity index (χ0v) is 22.7. The Hall–Kier alpha value is -2.04. The van der Waals surface area contributed by atoms with E-state index in [2.05, 4.69) is 42.5 Å². The molecule has 0 unspecified atom stereocenters.